The summed E-state index contributed by atoms with van der Waals surface area (Å²) in [6.07, 6.45) is 0. The summed E-state index contributed by atoms with van der Waals surface area (Å²) >= 11 is 0. The number of methoxy groups -OCH3 is 1. The lowest BCUT2D eigenvalue weighted by molar-refractivity contribution is 0.102. The van der Waals surface area contributed by atoms with Gasteiger partial charge in [-0.1, -0.05) is 6.07 Å². The minimum absolute atomic E-state index is 0.195. The minimum atomic E-state index is -0.486. The lowest BCUT2D eigenvalue weighted by atomic mass is 10.1. The van der Waals surface area contributed by atoms with Gasteiger partial charge in [0.05, 0.1) is 12.8 Å². The van der Waals surface area contributed by atoms with E-state index in [0.29, 0.717) is 28.5 Å². The van der Waals surface area contributed by atoms with Crippen LogP contribution >= 0.6 is 0 Å². The van der Waals surface area contributed by atoms with E-state index in [0.717, 1.165) is 6.07 Å². The number of nitrogens with one attached hydrogen (secondary N) is 1. The number of amides is 1. The molecule has 0 saturated heterocycles. The van der Waals surface area contributed by atoms with E-state index in [-0.39, 0.29) is 12.2 Å². The van der Waals surface area contributed by atoms with E-state index in [9.17, 15) is 9.18 Å². The van der Waals surface area contributed by atoms with Crippen molar-refractivity contribution in [3.63, 3.8) is 0 Å². The highest BCUT2D eigenvalue weighted by Crippen LogP contribution is 2.32. The fraction of sp³-hybridized carbons (Fsp3) is 0.105. The highest BCUT2D eigenvalue weighted by atomic mass is 19.1. The maximum absolute atomic E-state index is 13.3. The summed E-state index contributed by atoms with van der Waals surface area (Å²) in [6.45, 7) is -0.195. The molecule has 0 saturated carbocycles. The summed E-state index contributed by atoms with van der Waals surface area (Å²) in [7, 11) is 1.49. The number of aliphatic hydroxyl groups is 1. The third-order valence-corrected chi connectivity index (χ3v) is 3.64. The second-order valence-corrected chi connectivity index (χ2v) is 5.30. The van der Waals surface area contributed by atoms with Crippen molar-refractivity contribution in [2.45, 2.75) is 6.61 Å². The molecular weight excluding hydrogens is 325 g/mol. The van der Waals surface area contributed by atoms with E-state index in [1.165, 1.54) is 25.3 Å². The molecule has 0 bridgehead atoms. The Morgan fingerprint density at radius 1 is 1.20 bits per heavy atom. The van der Waals surface area contributed by atoms with Crippen LogP contribution in [0.25, 0.3) is 11.3 Å². The van der Waals surface area contributed by atoms with Crippen LogP contribution in [-0.2, 0) is 6.61 Å². The van der Waals surface area contributed by atoms with Crippen LogP contribution in [0.3, 0.4) is 0 Å². The van der Waals surface area contributed by atoms with Gasteiger partial charge in [-0.05, 0) is 48.5 Å². The van der Waals surface area contributed by atoms with Crippen molar-refractivity contribution < 1.29 is 23.4 Å². The first-order valence-electron chi connectivity index (χ1n) is 7.55. The molecule has 0 spiro atoms. The quantitative estimate of drug-likeness (QED) is 0.740. The van der Waals surface area contributed by atoms with Gasteiger partial charge in [0.15, 0.2) is 0 Å². The summed E-state index contributed by atoms with van der Waals surface area (Å²) in [4.78, 5) is 12.3. The van der Waals surface area contributed by atoms with Gasteiger partial charge >= 0.3 is 0 Å². The lowest BCUT2D eigenvalue weighted by Gasteiger charge is -2.11. The number of halogens is 1. The molecule has 0 radical (unpaired) electrons. The van der Waals surface area contributed by atoms with E-state index in [1.807, 2.05) is 0 Å². The SMILES string of the molecule is COc1ccc(-c2ccc(CO)o2)cc1NC(=O)c1cccc(F)c1. The summed E-state index contributed by atoms with van der Waals surface area (Å²) in [5, 5.41) is 11.8. The van der Waals surface area contributed by atoms with Gasteiger partial charge in [0.1, 0.15) is 29.7 Å². The molecule has 6 heteroatoms. The van der Waals surface area contributed by atoms with Gasteiger partial charge in [-0.25, -0.2) is 4.39 Å². The second kappa shape index (κ2) is 7.19. The smallest absolute Gasteiger partial charge is 0.255 e. The molecule has 3 rings (SSSR count). The van der Waals surface area contributed by atoms with E-state index >= 15 is 0 Å². The first-order valence-corrected chi connectivity index (χ1v) is 7.55. The Labute approximate surface area is 143 Å². The van der Waals surface area contributed by atoms with Crippen LogP contribution in [0.15, 0.2) is 59.0 Å². The fourth-order valence-corrected chi connectivity index (χ4v) is 2.40. The Balaban J connectivity index is 1.91. The number of benzene rings is 2. The van der Waals surface area contributed by atoms with Crippen LogP contribution < -0.4 is 10.1 Å². The molecule has 0 unspecified atom stereocenters. The topological polar surface area (TPSA) is 71.7 Å². The molecule has 3 aromatic rings. The summed E-state index contributed by atoms with van der Waals surface area (Å²) in [6, 6.07) is 14.0. The minimum Gasteiger partial charge on any atom is -0.495 e. The highest BCUT2D eigenvalue weighted by molar-refractivity contribution is 6.05. The van der Waals surface area contributed by atoms with Crippen molar-refractivity contribution in [2.24, 2.45) is 0 Å². The third-order valence-electron chi connectivity index (χ3n) is 3.64. The molecule has 2 N–H and O–H groups in total. The van der Waals surface area contributed by atoms with Gasteiger partial charge < -0.3 is 19.6 Å². The fourth-order valence-electron chi connectivity index (χ4n) is 2.40. The zero-order valence-electron chi connectivity index (χ0n) is 13.5. The van der Waals surface area contributed by atoms with Crippen LogP contribution in [0.2, 0.25) is 0 Å². The molecule has 128 valence electrons. The average Bonchev–Trinajstić information content (AvgIpc) is 3.11. The van der Waals surface area contributed by atoms with Crippen LogP contribution in [-0.4, -0.2) is 18.1 Å². The average molecular weight is 341 g/mol. The van der Waals surface area contributed by atoms with Crippen LogP contribution in [0.1, 0.15) is 16.1 Å². The number of furan rings is 1. The number of hydrogen-bond acceptors (Lipinski definition) is 4. The highest BCUT2D eigenvalue weighted by Gasteiger charge is 2.13. The standard InChI is InChI=1S/C19H16FNO4/c1-24-18-7-5-12(17-8-6-15(11-22)25-17)10-16(18)21-19(23)13-3-2-4-14(20)9-13/h2-10,22H,11H2,1H3,(H,21,23). The van der Waals surface area contributed by atoms with Crippen molar-refractivity contribution in [3.05, 3.63) is 71.7 Å². The number of hydrogen-bond donors (Lipinski definition) is 2. The predicted octanol–water partition coefficient (Wildman–Crippen LogP) is 3.84. The molecular formula is C19H16FNO4. The zero-order valence-corrected chi connectivity index (χ0v) is 13.5. The number of ether oxygens (including phenoxy) is 1. The molecule has 0 fully saturated rings. The van der Waals surface area contributed by atoms with E-state index in [4.69, 9.17) is 14.3 Å². The Morgan fingerprint density at radius 3 is 2.72 bits per heavy atom. The molecule has 25 heavy (non-hydrogen) atoms. The van der Waals surface area contributed by atoms with Crippen LogP contribution in [0.4, 0.5) is 10.1 Å². The first kappa shape index (κ1) is 16.7. The van der Waals surface area contributed by atoms with E-state index in [1.54, 1.807) is 30.3 Å². The lowest BCUT2D eigenvalue weighted by Crippen LogP contribution is -2.13. The van der Waals surface area contributed by atoms with Crippen molar-refractivity contribution in [1.82, 2.24) is 0 Å². The number of rotatable bonds is 5. The van der Waals surface area contributed by atoms with Gasteiger partial charge in [0, 0.05) is 11.1 Å². The van der Waals surface area contributed by atoms with Crippen LogP contribution in [0, 0.1) is 5.82 Å². The normalized spacial score (nSPS) is 10.5. The summed E-state index contributed by atoms with van der Waals surface area (Å²) in [5.74, 6) is 0.512. The van der Waals surface area contributed by atoms with Crippen molar-refractivity contribution >= 4 is 11.6 Å². The van der Waals surface area contributed by atoms with Gasteiger partial charge in [0.25, 0.3) is 5.91 Å². The predicted molar refractivity (Wildman–Crippen MR) is 91.0 cm³/mol. The molecule has 2 aromatic carbocycles. The first-order chi connectivity index (χ1) is 12.1. The monoisotopic (exact) mass is 341 g/mol. The van der Waals surface area contributed by atoms with E-state index in [2.05, 4.69) is 5.32 Å². The van der Waals surface area contributed by atoms with Gasteiger partial charge in [-0.2, -0.15) is 0 Å². The second-order valence-electron chi connectivity index (χ2n) is 5.30. The Kier molecular flexibility index (Phi) is 4.81. The largest absolute Gasteiger partial charge is 0.495 e. The maximum atomic E-state index is 13.3. The number of aliphatic hydroxyl groups excluding tert-OH is 1. The number of carbonyl (C=O) groups is 1. The Hall–Kier alpha value is -3.12. The maximum Gasteiger partial charge on any atom is 0.255 e. The summed E-state index contributed by atoms with van der Waals surface area (Å²) < 4.78 is 24.1. The molecule has 5 nitrogen and oxygen atoms in total. The molecule has 1 aromatic heterocycles. The van der Waals surface area contributed by atoms with Crippen molar-refractivity contribution in [2.75, 3.05) is 12.4 Å². The Bertz CT molecular complexity index is 904. The van der Waals surface area contributed by atoms with Crippen molar-refractivity contribution in [3.8, 4) is 17.1 Å². The Morgan fingerprint density at radius 2 is 2.04 bits per heavy atom. The number of anilines is 1. The van der Waals surface area contributed by atoms with Crippen LogP contribution in [0.5, 0.6) is 5.75 Å². The molecule has 0 aliphatic rings. The van der Waals surface area contributed by atoms with Gasteiger partial charge in [-0.3, -0.25) is 4.79 Å². The zero-order chi connectivity index (χ0) is 17.8. The summed E-state index contributed by atoms with van der Waals surface area (Å²) in [5.41, 5.74) is 1.33. The van der Waals surface area contributed by atoms with E-state index < -0.39 is 11.7 Å². The molecule has 1 amide bonds. The molecule has 0 atom stereocenters. The molecule has 0 aliphatic heterocycles. The van der Waals surface area contributed by atoms with Gasteiger partial charge in [-0.15, -0.1) is 0 Å². The molecule has 0 aliphatic carbocycles. The van der Waals surface area contributed by atoms with Crippen molar-refractivity contribution in [1.29, 1.82) is 0 Å². The third kappa shape index (κ3) is 3.70. The van der Waals surface area contributed by atoms with Gasteiger partial charge in [0.2, 0.25) is 0 Å². The number of carbonyl (C=O) groups excluding carboxylic acids is 1. The molecule has 1 heterocycles.